The fraction of sp³-hybridized carbons (Fsp3) is 0.240. The molecule has 1 saturated heterocycles. The van der Waals surface area contributed by atoms with Crippen LogP contribution in [0.3, 0.4) is 0 Å². The number of amides is 1. The molecule has 1 amide bonds. The number of ether oxygens (including phenoxy) is 1. The molecule has 3 aromatic rings. The first kappa shape index (κ1) is 25.2. The Hall–Kier alpha value is -3.44. The van der Waals surface area contributed by atoms with Crippen LogP contribution in [0.5, 0.6) is 11.5 Å². The molecular formula is C25H21ClF3N3O4S. The van der Waals surface area contributed by atoms with Gasteiger partial charge in [-0.15, -0.1) is 0 Å². The number of benzene rings is 3. The Kier molecular flexibility index (Phi) is 6.45. The summed E-state index contributed by atoms with van der Waals surface area (Å²) < 4.78 is 73.6. The molecule has 7 nitrogen and oxygen atoms in total. The molecule has 2 atom stereocenters. The van der Waals surface area contributed by atoms with E-state index in [0.29, 0.717) is 36.4 Å². The van der Waals surface area contributed by atoms with Gasteiger partial charge in [-0.25, -0.2) is 8.42 Å². The average molecular weight is 552 g/mol. The lowest BCUT2D eigenvalue weighted by Crippen LogP contribution is -2.52. The summed E-state index contributed by atoms with van der Waals surface area (Å²) in [6.45, 7) is 0.458. The highest BCUT2D eigenvalue weighted by Gasteiger charge is 2.44. The van der Waals surface area contributed by atoms with Gasteiger partial charge in [0, 0.05) is 18.2 Å². The predicted molar refractivity (Wildman–Crippen MR) is 133 cm³/mol. The van der Waals surface area contributed by atoms with E-state index < -0.39 is 34.2 Å². The summed E-state index contributed by atoms with van der Waals surface area (Å²) in [5.74, 6) is -1.36. The molecule has 0 radical (unpaired) electrons. The van der Waals surface area contributed by atoms with E-state index in [1.165, 1.54) is 24.3 Å². The van der Waals surface area contributed by atoms with Gasteiger partial charge in [0.1, 0.15) is 5.75 Å². The van der Waals surface area contributed by atoms with Crippen molar-refractivity contribution >= 4 is 38.9 Å². The van der Waals surface area contributed by atoms with E-state index in [4.69, 9.17) is 16.3 Å². The number of piperidine rings is 1. The van der Waals surface area contributed by atoms with Gasteiger partial charge in [0.15, 0.2) is 5.75 Å². The zero-order valence-electron chi connectivity index (χ0n) is 19.1. The lowest BCUT2D eigenvalue weighted by Gasteiger charge is -2.42. The summed E-state index contributed by atoms with van der Waals surface area (Å²) in [6, 6.07) is 16.1. The van der Waals surface area contributed by atoms with E-state index in [2.05, 4.69) is 10.0 Å². The normalized spacial score (nSPS) is 19.0. The van der Waals surface area contributed by atoms with Crippen LogP contribution in [0.2, 0.25) is 5.02 Å². The van der Waals surface area contributed by atoms with Crippen molar-refractivity contribution in [3.63, 3.8) is 0 Å². The van der Waals surface area contributed by atoms with Gasteiger partial charge >= 0.3 is 12.1 Å². The number of fused-ring (bicyclic) bond motifs is 5. The summed E-state index contributed by atoms with van der Waals surface area (Å²) in [5, 5.41) is 2.22. The minimum absolute atomic E-state index is 0.0478. The quantitative estimate of drug-likeness (QED) is 0.438. The third-order valence-corrected chi connectivity index (χ3v) is 8.01. The van der Waals surface area contributed by atoms with Crippen LogP contribution in [-0.4, -0.2) is 33.1 Å². The highest BCUT2D eigenvalue weighted by molar-refractivity contribution is 7.92. The van der Waals surface area contributed by atoms with Crippen molar-refractivity contribution in [3.05, 3.63) is 77.3 Å². The molecule has 0 bridgehead atoms. The molecule has 37 heavy (non-hydrogen) atoms. The Morgan fingerprint density at radius 2 is 1.73 bits per heavy atom. The van der Waals surface area contributed by atoms with E-state index in [0.717, 1.165) is 0 Å². The Bertz CT molecular complexity index is 1450. The first-order chi connectivity index (χ1) is 17.5. The number of sulfonamides is 1. The summed E-state index contributed by atoms with van der Waals surface area (Å²) in [6.07, 6.45) is -4.19. The number of halogens is 4. The first-order valence-corrected chi connectivity index (χ1v) is 13.2. The molecule has 2 N–H and O–H groups in total. The molecular weight excluding hydrogens is 531 g/mol. The molecule has 0 unspecified atom stereocenters. The molecule has 0 saturated carbocycles. The van der Waals surface area contributed by atoms with Gasteiger partial charge in [0.05, 0.1) is 33.4 Å². The van der Waals surface area contributed by atoms with Crippen LogP contribution in [-0.2, 0) is 14.8 Å². The van der Waals surface area contributed by atoms with Crippen LogP contribution in [0.15, 0.2) is 71.6 Å². The summed E-state index contributed by atoms with van der Waals surface area (Å²) in [7, 11) is -3.95. The molecule has 1 fully saturated rings. The zero-order valence-corrected chi connectivity index (χ0v) is 20.7. The second-order valence-corrected chi connectivity index (χ2v) is 10.8. The van der Waals surface area contributed by atoms with Crippen molar-refractivity contribution in [2.45, 2.75) is 36.0 Å². The van der Waals surface area contributed by atoms with Crippen LogP contribution in [0.4, 0.5) is 24.5 Å². The minimum atomic E-state index is -5.02. The fourth-order valence-corrected chi connectivity index (χ4v) is 6.07. The second-order valence-electron chi connectivity index (χ2n) is 8.72. The van der Waals surface area contributed by atoms with Gasteiger partial charge in [-0.1, -0.05) is 48.0 Å². The average Bonchev–Trinajstić information content (AvgIpc) is 2.99. The van der Waals surface area contributed by atoms with Crippen LogP contribution < -0.4 is 19.7 Å². The van der Waals surface area contributed by atoms with Crippen molar-refractivity contribution < 1.29 is 31.1 Å². The molecule has 0 aromatic heterocycles. The van der Waals surface area contributed by atoms with Crippen molar-refractivity contribution in [2.75, 3.05) is 16.2 Å². The number of rotatable bonds is 4. The monoisotopic (exact) mass is 551 g/mol. The van der Waals surface area contributed by atoms with Crippen molar-refractivity contribution in [3.8, 4) is 11.5 Å². The van der Waals surface area contributed by atoms with E-state index >= 15 is 0 Å². The first-order valence-electron chi connectivity index (χ1n) is 11.4. The Labute approximate surface area is 216 Å². The third-order valence-electron chi connectivity index (χ3n) is 6.32. The topological polar surface area (TPSA) is 87.7 Å². The number of alkyl halides is 3. The molecule has 12 heteroatoms. The maximum atomic E-state index is 13.1. The molecule has 3 aromatic carbocycles. The van der Waals surface area contributed by atoms with E-state index in [1.54, 1.807) is 42.5 Å². The van der Waals surface area contributed by atoms with Gasteiger partial charge in [-0.3, -0.25) is 9.52 Å². The Morgan fingerprint density at radius 3 is 2.46 bits per heavy atom. The summed E-state index contributed by atoms with van der Waals surface area (Å²) in [5.41, 5.74) is 1.15. The largest absolute Gasteiger partial charge is 0.471 e. The van der Waals surface area contributed by atoms with Crippen molar-refractivity contribution in [1.29, 1.82) is 0 Å². The van der Waals surface area contributed by atoms with Crippen LogP contribution in [0, 0.1) is 0 Å². The number of carbonyl (C=O) groups is 1. The number of hydrogen-bond acceptors (Lipinski definition) is 5. The van der Waals surface area contributed by atoms with Gasteiger partial charge in [0.2, 0.25) is 0 Å². The molecule has 2 heterocycles. The van der Waals surface area contributed by atoms with Gasteiger partial charge in [-0.05, 0) is 37.1 Å². The second kappa shape index (κ2) is 9.46. The maximum absolute atomic E-state index is 13.1. The molecule has 5 rings (SSSR count). The van der Waals surface area contributed by atoms with Gasteiger partial charge in [0.25, 0.3) is 10.0 Å². The SMILES string of the molecule is O=C(N[C@H]1CCCN2c3cc(Cl)c(NS(=O)(=O)c4ccccc4)cc3Oc3ccccc3[C@@H]12)C(F)(F)F. The minimum Gasteiger partial charge on any atom is -0.455 e. The lowest BCUT2D eigenvalue weighted by molar-refractivity contribution is -0.174. The summed E-state index contributed by atoms with van der Waals surface area (Å²) in [4.78, 5) is 13.7. The molecule has 0 aliphatic carbocycles. The molecule has 194 valence electrons. The predicted octanol–water partition coefficient (Wildman–Crippen LogP) is 5.64. The Balaban J connectivity index is 1.57. The highest BCUT2D eigenvalue weighted by Crippen LogP contribution is 2.50. The van der Waals surface area contributed by atoms with Crippen molar-refractivity contribution in [1.82, 2.24) is 5.32 Å². The van der Waals surface area contributed by atoms with Gasteiger partial charge in [-0.2, -0.15) is 13.2 Å². The molecule has 2 aliphatic heterocycles. The lowest BCUT2D eigenvalue weighted by atomic mass is 9.89. The molecule has 0 spiro atoms. The number of nitrogens with zero attached hydrogens (tertiary/aromatic N) is 1. The van der Waals surface area contributed by atoms with E-state index in [9.17, 15) is 26.4 Å². The van der Waals surface area contributed by atoms with Crippen LogP contribution >= 0.6 is 11.6 Å². The van der Waals surface area contributed by atoms with Crippen molar-refractivity contribution in [2.24, 2.45) is 0 Å². The summed E-state index contributed by atoms with van der Waals surface area (Å²) >= 11 is 6.50. The van der Waals surface area contributed by atoms with E-state index in [-0.39, 0.29) is 21.4 Å². The van der Waals surface area contributed by atoms with Gasteiger partial charge < -0.3 is 15.0 Å². The number of anilines is 2. The van der Waals surface area contributed by atoms with Crippen LogP contribution in [0.25, 0.3) is 0 Å². The smallest absolute Gasteiger partial charge is 0.455 e. The third kappa shape index (κ3) is 4.93. The number of hydrogen-bond donors (Lipinski definition) is 2. The maximum Gasteiger partial charge on any atom is 0.471 e. The number of carbonyl (C=O) groups excluding carboxylic acids is 1. The number of nitrogens with one attached hydrogen (secondary N) is 2. The fourth-order valence-electron chi connectivity index (χ4n) is 4.72. The standard InChI is InChI=1S/C25H21ClF3N3O4S/c26-17-13-20-22(14-19(17)31-37(34,35)15-7-2-1-3-8-15)36-21-11-5-4-9-16(21)23-18(10-6-12-32(20)23)30-24(33)25(27,28)29/h1-5,7-9,11,13-14,18,23,31H,6,10,12H2,(H,30,33)/t18-,23-/m0/s1. The highest BCUT2D eigenvalue weighted by atomic mass is 35.5. The zero-order chi connectivity index (χ0) is 26.4. The van der Waals surface area contributed by atoms with Crippen LogP contribution in [0.1, 0.15) is 24.4 Å². The Morgan fingerprint density at radius 1 is 1.03 bits per heavy atom. The number of para-hydroxylation sites is 1. The molecule has 2 aliphatic rings. The van der Waals surface area contributed by atoms with E-state index in [1.807, 2.05) is 4.90 Å².